The molecule has 6 heteroatoms. The van der Waals surface area contributed by atoms with Gasteiger partial charge in [0.05, 0.1) is 9.44 Å². The molecule has 1 aromatic carbocycles. The van der Waals surface area contributed by atoms with Gasteiger partial charge in [-0.1, -0.05) is 34.7 Å². The molecule has 22 heavy (non-hydrogen) atoms. The summed E-state index contributed by atoms with van der Waals surface area (Å²) in [6.07, 6.45) is 1.64. The summed E-state index contributed by atoms with van der Waals surface area (Å²) < 4.78 is -0.252. The number of pyridine rings is 1. The molecule has 1 aliphatic rings. The van der Waals surface area contributed by atoms with Crippen LogP contribution in [-0.4, -0.2) is 37.0 Å². The molecule has 1 fully saturated rings. The predicted octanol–water partition coefficient (Wildman–Crippen LogP) is 2.05. The maximum Gasteiger partial charge on any atom is 0.231 e. The molecule has 114 valence electrons. The van der Waals surface area contributed by atoms with Gasteiger partial charge in [-0.2, -0.15) is 0 Å². The Morgan fingerprint density at radius 2 is 1.95 bits per heavy atom. The number of hydrogen-bond donors (Lipinski definition) is 1. The third-order valence-corrected chi connectivity index (χ3v) is 4.86. The number of fused-ring (bicyclic) bond motifs is 1. The van der Waals surface area contributed by atoms with E-state index >= 15 is 0 Å². The largest absolute Gasteiger partial charge is 0.372 e. The molecular weight excluding hydrogens is 395 g/mol. The van der Waals surface area contributed by atoms with Gasteiger partial charge in [-0.25, -0.2) is 0 Å². The summed E-state index contributed by atoms with van der Waals surface area (Å²) in [5.74, 6) is -0.580. The molecule has 2 unspecified atom stereocenters. The van der Waals surface area contributed by atoms with E-state index in [4.69, 9.17) is 0 Å². The molecule has 2 heterocycles. The molecule has 0 spiro atoms. The van der Waals surface area contributed by atoms with Crippen molar-refractivity contribution in [3.63, 3.8) is 0 Å². The van der Waals surface area contributed by atoms with Crippen molar-refractivity contribution in [3.05, 3.63) is 42.1 Å². The van der Waals surface area contributed by atoms with Crippen molar-refractivity contribution >= 4 is 45.3 Å². The van der Waals surface area contributed by atoms with Crippen LogP contribution in [0.5, 0.6) is 0 Å². The van der Waals surface area contributed by atoms with Gasteiger partial charge in [-0.3, -0.25) is 19.5 Å². The van der Waals surface area contributed by atoms with Crippen molar-refractivity contribution in [2.75, 3.05) is 0 Å². The molecule has 3 rings (SSSR count). The normalized spacial score (nSPS) is 18.0. The average Bonchev–Trinajstić information content (AvgIpc) is 2.85. The number of halogens is 1. The second kappa shape index (κ2) is 6.29. The number of rotatable bonds is 4. The Morgan fingerprint density at radius 3 is 2.68 bits per heavy atom. The highest BCUT2D eigenvalue weighted by Gasteiger charge is 2.37. The van der Waals surface area contributed by atoms with Gasteiger partial charge in [0.15, 0.2) is 0 Å². The number of aliphatic hydroxyl groups excluding tert-OH is 1. The minimum absolute atomic E-state index is 0.195. The molecule has 2 atom stereocenters. The van der Waals surface area contributed by atoms with Gasteiger partial charge in [0.1, 0.15) is 6.23 Å². The van der Waals surface area contributed by atoms with Crippen LogP contribution in [0.2, 0.25) is 0 Å². The number of benzene rings is 1. The van der Waals surface area contributed by atoms with Gasteiger partial charge < -0.3 is 5.11 Å². The van der Waals surface area contributed by atoms with Crippen LogP contribution in [0.15, 0.2) is 36.5 Å². The number of aromatic nitrogens is 1. The molecular formula is C16H15IN2O3. The van der Waals surface area contributed by atoms with Crippen molar-refractivity contribution < 1.29 is 14.7 Å². The maximum atomic E-state index is 11.7. The van der Waals surface area contributed by atoms with Gasteiger partial charge in [-0.05, 0) is 30.2 Å². The van der Waals surface area contributed by atoms with E-state index in [-0.39, 0.29) is 28.6 Å². The third-order valence-electron chi connectivity index (χ3n) is 3.78. The van der Waals surface area contributed by atoms with E-state index in [1.165, 1.54) is 0 Å². The fourth-order valence-corrected chi connectivity index (χ4v) is 3.46. The number of aliphatic hydroxyl groups is 1. The Hall–Kier alpha value is -1.54. The maximum absolute atomic E-state index is 11.7. The molecule has 1 aromatic heterocycles. The quantitative estimate of drug-likeness (QED) is 0.476. The zero-order chi connectivity index (χ0) is 15.7. The summed E-state index contributed by atoms with van der Waals surface area (Å²) in [5, 5.41) is 11.3. The van der Waals surface area contributed by atoms with E-state index in [0.717, 1.165) is 21.4 Å². The SMILES string of the molecule is O=C1CCC(=O)N1C(O)C(I)Cc1ccc2ncccc2c1. The fraction of sp³-hybridized carbons (Fsp3) is 0.312. The van der Waals surface area contributed by atoms with E-state index in [0.29, 0.717) is 6.42 Å². The summed E-state index contributed by atoms with van der Waals surface area (Å²) in [6.45, 7) is 0. The zero-order valence-corrected chi connectivity index (χ0v) is 13.9. The molecule has 2 aromatic rings. The lowest BCUT2D eigenvalue weighted by molar-refractivity contribution is -0.148. The smallest absolute Gasteiger partial charge is 0.231 e. The summed E-state index contributed by atoms with van der Waals surface area (Å²) in [7, 11) is 0. The highest BCUT2D eigenvalue weighted by Crippen LogP contribution is 2.23. The van der Waals surface area contributed by atoms with Crippen LogP contribution in [0.1, 0.15) is 18.4 Å². The number of likely N-dealkylation sites (tertiary alicyclic amines) is 1. The van der Waals surface area contributed by atoms with Gasteiger partial charge in [0, 0.05) is 24.4 Å². The Morgan fingerprint density at radius 1 is 1.23 bits per heavy atom. The van der Waals surface area contributed by atoms with E-state index in [2.05, 4.69) is 27.6 Å². The Balaban J connectivity index is 1.76. The molecule has 0 saturated carbocycles. The lowest BCUT2D eigenvalue weighted by atomic mass is 10.1. The second-order valence-electron chi connectivity index (χ2n) is 5.32. The molecule has 1 N–H and O–H groups in total. The van der Waals surface area contributed by atoms with Crippen LogP contribution in [0.4, 0.5) is 0 Å². The summed E-state index contributed by atoms with van der Waals surface area (Å²) >= 11 is 2.09. The fourth-order valence-electron chi connectivity index (χ4n) is 2.63. The predicted molar refractivity (Wildman–Crippen MR) is 90.3 cm³/mol. The number of imide groups is 1. The lowest BCUT2D eigenvalue weighted by Crippen LogP contribution is -2.45. The van der Waals surface area contributed by atoms with Crippen LogP contribution in [0, 0.1) is 0 Å². The van der Waals surface area contributed by atoms with E-state index in [9.17, 15) is 14.7 Å². The topological polar surface area (TPSA) is 70.5 Å². The molecule has 1 aliphatic heterocycles. The Kier molecular flexibility index (Phi) is 4.39. The van der Waals surface area contributed by atoms with Gasteiger partial charge >= 0.3 is 0 Å². The number of nitrogens with zero attached hydrogens (tertiary/aromatic N) is 2. The first kappa shape index (κ1) is 15.4. The van der Waals surface area contributed by atoms with Crippen molar-refractivity contribution in [3.8, 4) is 0 Å². The lowest BCUT2D eigenvalue weighted by Gasteiger charge is -2.25. The van der Waals surface area contributed by atoms with Crippen molar-refractivity contribution in [1.82, 2.24) is 9.88 Å². The van der Waals surface area contributed by atoms with Crippen molar-refractivity contribution in [2.24, 2.45) is 0 Å². The molecule has 0 aliphatic carbocycles. The Labute approximate surface area is 141 Å². The third kappa shape index (κ3) is 2.98. The van der Waals surface area contributed by atoms with E-state index in [1.54, 1.807) is 6.20 Å². The highest BCUT2D eigenvalue weighted by molar-refractivity contribution is 14.1. The van der Waals surface area contributed by atoms with Crippen LogP contribution < -0.4 is 0 Å². The number of carbonyl (C=O) groups excluding carboxylic acids is 2. The first-order valence-electron chi connectivity index (χ1n) is 7.07. The van der Waals surface area contributed by atoms with Crippen molar-refractivity contribution in [1.29, 1.82) is 0 Å². The molecule has 2 amide bonds. The molecule has 1 saturated heterocycles. The average molecular weight is 410 g/mol. The number of carbonyl (C=O) groups is 2. The standard InChI is InChI=1S/C16H15IN2O3/c17-12(16(22)19-14(20)5-6-15(19)21)9-10-3-4-13-11(8-10)2-1-7-18-13/h1-4,7-8,12,16,22H,5-6,9H2. The van der Waals surface area contributed by atoms with Crippen LogP contribution >= 0.6 is 22.6 Å². The van der Waals surface area contributed by atoms with Crippen LogP contribution in [-0.2, 0) is 16.0 Å². The van der Waals surface area contributed by atoms with E-state index in [1.807, 2.05) is 30.3 Å². The van der Waals surface area contributed by atoms with Gasteiger partial charge in [-0.15, -0.1) is 0 Å². The minimum Gasteiger partial charge on any atom is -0.372 e. The first-order valence-corrected chi connectivity index (χ1v) is 8.31. The molecule has 5 nitrogen and oxygen atoms in total. The summed E-state index contributed by atoms with van der Waals surface area (Å²) in [5.41, 5.74) is 1.96. The molecule has 0 bridgehead atoms. The first-order chi connectivity index (χ1) is 10.6. The summed E-state index contributed by atoms with van der Waals surface area (Å²) in [4.78, 5) is 28.7. The summed E-state index contributed by atoms with van der Waals surface area (Å²) in [6, 6.07) is 9.78. The van der Waals surface area contributed by atoms with Crippen LogP contribution in [0.3, 0.4) is 0 Å². The van der Waals surface area contributed by atoms with Gasteiger partial charge in [0.2, 0.25) is 11.8 Å². The minimum atomic E-state index is -1.08. The number of amides is 2. The highest BCUT2D eigenvalue weighted by atomic mass is 127. The number of hydrogen-bond acceptors (Lipinski definition) is 4. The second-order valence-corrected chi connectivity index (χ2v) is 6.92. The van der Waals surface area contributed by atoms with Crippen molar-refractivity contribution in [2.45, 2.75) is 29.4 Å². The zero-order valence-electron chi connectivity index (χ0n) is 11.8. The number of alkyl halides is 1. The van der Waals surface area contributed by atoms with Gasteiger partial charge in [0.25, 0.3) is 0 Å². The monoisotopic (exact) mass is 410 g/mol. The van der Waals surface area contributed by atoms with Crippen LogP contribution in [0.25, 0.3) is 10.9 Å². The van der Waals surface area contributed by atoms with E-state index < -0.39 is 6.23 Å². The molecule has 0 radical (unpaired) electrons. The Bertz CT molecular complexity index is 718.